The molecule has 0 atom stereocenters. The number of piperazine rings is 1. The number of thiazole rings is 1. The molecule has 0 aromatic carbocycles. The Labute approximate surface area is 132 Å². The maximum atomic E-state index is 12.6. The molecule has 0 radical (unpaired) electrons. The highest BCUT2D eigenvalue weighted by Gasteiger charge is 2.30. The molecule has 0 unspecified atom stereocenters. The Morgan fingerprint density at radius 3 is 2.38 bits per heavy atom. The van der Waals surface area contributed by atoms with E-state index in [4.69, 9.17) is 0 Å². The molecule has 2 aromatic heterocycles. The topological polar surface area (TPSA) is 53.5 Å². The van der Waals surface area contributed by atoms with Gasteiger partial charge in [-0.3, -0.25) is 0 Å². The third-order valence-electron chi connectivity index (χ3n) is 3.43. The number of hydrogen-bond acceptors (Lipinski definition) is 6. The van der Waals surface area contributed by atoms with Gasteiger partial charge in [0.1, 0.15) is 4.21 Å². The number of anilines is 1. The number of thiophene rings is 1. The molecule has 2 aromatic rings. The van der Waals surface area contributed by atoms with Gasteiger partial charge in [-0.15, -0.1) is 22.7 Å². The van der Waals surface area contributed by atoms with E-state index < -0.39 is 10.0 Å². The van der Waals surface area contributed by atoms with Crippen LogP contribution in [0, 0.1) is 13.8 Å². The molecule has 21 heavy (non-hydrogen) atoms. The summed E-state index contributed by atoms with van der Waals surface area (Å²) in [6.45, 7) is 6.30. The Balaban J connectivity index is 1.71. The third kappa shape index (κ3) is 2.98. The van der Waals surface area contributed by atoms with E-state index >= 15 is 0 Å². The van der Waals surface area contributed by atoms with Crippen LogP contribution in [0.25, 0.3) is 0 Å². The van der Waals surface area contributed by atoms with E-state index in [2.05, 4.69) is 9.88 Å². The quantitative estimate of drug-likeness (QED) is 0.858. The van der Waals surface area contributed by atoms with E-state index in [1.807, 2.05) is 25.3 Å². The fourth-order valence-electron chi connectivity index (χ4n) is 2.28. The highest BCUT2D eigenvalue weighted by Crippen LogP contribution is 2.27. The molecule has 0 bridgehead atoms. The van der Waals surface area contributed by atoms with Crippen LogP contribution in [0.3, 0.4) is 0 Å². The standard InChI is InChI=1S/C13H17N3O2S3/c1-10-9-19-13(14-10)15-5-7-16(8-6-15)21(17,18)12-4-3-11(2)20-12/h3-4,9H,5-8H2,1-2H3. The van der Waals surface area contributed by atoms with Gasteiger partial charge in [-0.05, 0) is 26.0 Å². The van der Waals surface area contributed by atoms with E-state index in [1.165, 1.54) is 11.3 Å². The summed E-state index contributed by atoms with van der Waals surface area (Å²) in [5, 5.41) is 3.00. The van der Waals surface area contributed by atoms with E-state index in [9.17, 15) is 8.42 Å². The number of hydrogen-bond donors (Lipinski definition) is 0. The summed E-state index contributed by atoms with van der Waals surface area (Å²) in [5.74, 6) is 0. The van der Waals surface area contributed by atoms with Gasteiger partial charge in [0, 0.05) is 36.4 Å². The van der Waals surface area contributed by atoms with Crippen LogP contribution in [0.15, 0.2) is 21.7 Å². The van der Waals surface area contributed by atoms with Gasteiger partial charge < -0.3 is 4.90 Å². The Hall–Kier alpha value is -0.960. The summed E-state index contributed by atoms with van der Waals surface area (Å²) in [6, 6.07) is 3.55. The molecular formula is C13H17N3O2S3. The second-order valence-corrected chi connectivity index (χ2v) is 9.32. The number of rotatable bonds is 3. The summed E-state index contributed by atoms with van der Waals surface area (Å²) in [4.78, 5) is 7.64. The monoisotopic (exact) mass is 343 g/mol. The van der Waals surface area contributed by atoms with Gasteiger partial charge in [0.25, 0.3) is 10.0 Å². The molecule has 1 aliphatic rings. The summed E-state index contributed by atoms with van der Waals surface area (Å²) < 4.78 is 27.1. The highest BCUT2D eigenvalue weighted by atomic mass is 32.2. The van der Waals surface area contributed by atoms with Gasteiger partial charge in [0.2, 0.25) is 0 Å². The first kappa shape index (κ1) is 15.0. The summed E-state index contributed by atoms with van der Waals surface area (Å²) in [7, 11) is -3.33. The van der Waals surface area contributed by atoms with Crippen LogP contribution in [0.2, 0.25) is 0 Å². The number of nitrogens with zero attached hydrogens (tertiary/aromatic N) is 3. The van der Waals surface area contributed by atoms with Crippen LogP contribution in [-0.4, -0.2) is 43.9 Å². The minimum Gasteiger partial charge on any atom is -0.345 e. The predicted octanol–water partition coefficient (Wildman–Crippen LogP) is 2.33. The van der Waals surface area contributed by atoms with Crippen LogP contribution >= 0.6 is 22.7 Å². The minimum atomic E-state index is -3.33. The average molecular weight is 343 g/mol. The Morgan fingerprint density at radius 1 is 1.14 bits per heavy atom. The first-order chi connectivity index (χ1) is 9.96. The molecule has 0 spiro atoms. The van der Waals surface area contributed by atoms with Crippen molar-refractivity contribution >= 4 is 37.8 Å². The number of aromatic nitrogens is 1. The average Bonchev–Trinajstić information content (AvgIpc) is 3.08. The van der Waals surface area contributed by atoms with Crippen LogP contribution in [-0.2, 0) is 10.0 Å². The normalized spacial score (nSPS) is 17.3. The zero-order chi connectivity index (χ0) is 15.0. The third-order valence-corrected chi connectivity index (χ3v) is 7.81. The minimum absolute atomic E-state index is 0.443. The maximum absolute atomic E-state index is 12.6. The van der Waals surface area contributed by atoms with Crippen molar-refractivity contribution in [3.63, 3.8) is 0 Å². The Bertz CT molecular complexity index is 727. The van der Waals surface area contributed by atoms with Crippen molar-refractivity contribution in [3.05, 3.63) is 28.1 Å². The molecule has 5 nitrogen and oxygen atoms in total. The van der Waals surface area contributed by atoms with Gasteiger partial charge in [-0.2, -0.15) is 4.31 Å². The molecule has 0 amide bonds. The van der Waals surface area contributed by atoms with Crippen LogP contribution < -0.4 is 4.90 Å². The SMILES string of the molecule is Cc1csc(N2CCN(S(=O)(=O)c3ccc(C)s3)CC2)n1. The molecular weight excluding hydrogens is 326 g/mol. The molecule has 3 heterocycles. The largest absolute Gasteiger partial charge is 0.345 e. The van der Waals surface area contributed by atoms with Gasteiger partial charge >= 0.3 is 0 Å². The molecule has 1 aliphatic heterocycles. The molecule has 114 valence electrons. The molecule has 1 fully saturated rings. The first-order valence-electron chi connectivity index (χ1n) is 6.70. The van der Waals surface area contributed by atoms with E-state index in [-0.39, 0.29) is 0 Å². The molecule has 8 heteroatoms. The van der Waals surface area contributed by atoms with E-state index in [0.717, 1.165) is 15.7 Å². The molecule has 0 aliphatic carbocycles. The molecule has 0 N–H and O–H groups in total. The summed E-state index contributed by atoms with van der Waals surface area (Å²) >= 11 is 2.95. The maximum Gasteiger partial charge on any atom is 0.252 e. The Kier molecular flexibility index (Phi) is 4.04. The van der Waals surface area contributed by atoms with Crippen LogP contribution in [0.4, 0.5) is 5.13 Å². The van der Waals surface area contributed by atoms with Crippen molar-refractivity contribution < 1.29 is 8.42 Å². The van der Waals surface area contributed by atoms with Gasteiger partial charge in [0.15, 0.2) is 5.13 Å². The lowest BCUT2D eigenvalue weighted by atomic mass is 10.4. The van der Waals surface area contributed by atoms with Gasteiger partial charge in [-0.25, -0.2) is 13.4 Å². The van der Waals surface area contributed by atoms with Crippen LogP contribution in [0.1, 0.15) is 10.6 Å². The zero-order valence-electron chi connectivity index (χ0n) is 11.9. The number of sulfonamides is 1. The molecule has 1 saturated heterocycles. The molecule has 3 rings (SSSR count). The second kappa shape index (κ2) is 5.68. The summed E-state index contributed by atoms with van der Waals surface area (Å²) in [6.07, 6.45) is 0. The lowest BCUT2D eigenvalue weighted by molar-refractivity contribution is 0.385. The fraction of sp³-hybridized carbons (Fsp3) is 0.462. The lowest BCUT2D eigenvalue weighted by Gasteiger charge is -2.33. The van der Waals surface area contributed by atoms with Crippen LogP contribution in [0.5, 0.6) is 0 Å². The summed E-state index contributed by atoms with van der Waals surface area (Å²) in [5.41, 5.74) is 1.01. The second-order valence-electron chi connectivity index (χ2n) is 5.03. The zero-order valence-corrected chi connectivity index (χ0v) is 14.4. The highest BCUT2D eigenvalue weighted by molar-refractivity contribution is 7.91. The van der Waals surface area contributed by atoms with Crippen molar-refractivity contribution in [3.8, 4) is 0 Å². The molecule has 0 saturated carbocycles. The fourth-order valence-corrected chi connectivity index (χ4v) is 6.00. The van der Waals surface area contributed by atoms with Gasteiger partial charge in [-0.1, -0.05) is 0 Å². The predicted molar refractivity (Wildman–Crippen MR) is 86.9 cm³/mol. The van der Waals surface area contributed by atoms with E-state index in [1.54, 1.807) is 21.7 Å². The van der Waals surface area contributed by atoms with Crippen molar-refractivity contribution in [2.24, 2.45) is 0 Å². The Morgan fingerprint density at radius 2 is 1.86 bits per heavy atom. The lowest BCUT2D eigenvalue weighted by Crippen LogP contribution is -2.48. The van der Waals surface area contributed by atoms with Crippen molar-refractivity contribution in [2.45, 2.75) is 18.1 Å². The number of aryl methyl sites for hydroxylation is 2. The van der Waals surface area contributed by atoms with Crippen molar-refractivity contribution in [2.75, 3.05) is 31.1 Å². The van der Waals surface area contributed by atoms with Gasteiger partial charge in [0.05, 0.1) is 5.69 Å². The van der Waals surface area contributed by atoms with Crippen molar-refractivity contribution in [1.82, 2.24) is 9.29 Å². The smallest absolute Gasteiger partial charge is 0.252 e. The van der Waals surface area contributed by atoms with Crippen molar-refractivity contribution in [1.29, 1.82) is 0 Å². The first-order valence-corrected chi connectivity index (χ1v) is 9.84. The van der Waals surface area contributed by atoms with E-state index in [0.29, 0.717) is 30.4 Å².